The van der Waals surface area contributed by atoms with Gasteiger partial charge >= 0.3 is 0 Å². The molecule has 3 unspecified atom stereocenters. The highest BCUT2D eigenvalue weighted by atomic mass is 127. The second-order valence-electron chi connectivity index (χ2n) is 8.18. The SMILES string of the molecule is CCNC(=NCC(O)c1cc(OC)ccc1OC)NC1CC(C)N(Cc2ccccc2)C1.I. The van der Waals surface area contributed by atoms with E-state index in [-0.39, 0.29) is 30.5 Å². The van der Waals surface area contributed by atoms with Crippen LogP contribution < -0.4 is 20.1 Å². The summed E-state index contributed by atoms with van der Waals surface area (Å²) in [5, 5.41) is 17.6. The number of guanidine groups is 1. The van der Waals surface area contributed by atoms with E-state index in [1.807, 2.05) is 13.0 Å². The first-order valence-corrected chi connectivity index (χ1v) is 11.3. The molecule has 1 aliphatic rings. The van der Waals surface area contributed by atoms with Crippen molar-refractivity contribution in [2.75, 3.05) is 33.9 Å². The molecule has 0 spiro atoms. The number of nitrogens with one attached hydrogen (secondary N) is 2. The minimum atomic E-state index is -0.799. The molecule has 182 valence electrons. The first-order chi connectivity index (χ1) is 15.5. The standard InChI is InChI=1S/C25H36N4O3.HI/c1-5-26-25(27-15-23(30)22-14-21(31-3)11-12-24(22)32-4)28-20-13-18(2)29(17-20)16-19-9-7-6-8-10-19;/h6-12,14,18,20,23,30H,5,13,15-17H2,1-4H3,(H2,26,27,28);1H. The second-order valence-corrected chi connectivity index (χ2v) is 8.18. The number of nitrogens with zero attached hydrogens (tertiary/aromatic N) is 2. The van der Waals surface area contributed by atoms with E-state index in [1.165, 1.54) is 5.56 Å². The molecule has 1 heterocycles. The van der Waals surface area contributed by atoms with Gasteiger partial charge in [-0.1, -0.05) is 30.3 Å². The average molecular weight is 569 g/mol. The first kappa shape index (κ1) is 27.2. The van der Waals surface area contributed by atoms with E-state index in [4.69, 9.17) is 9.47 Å². The Labute approximate surface area is 214 Å². The van der Waals surface area contributed by atoms with Crippen LogP contribution in [0.2, 0.25) is 0 Å². The molecule has 0 aliphatic carbocycles. The average Bonchev–Trinajstić information content (AvgIpc) is 3.15. The van der Waals surface area contributed by atoms with Crippen LogP contribution in [-0.2, 0) is 6.54 Å². The van der Waals surface area contributed by atoms with Gasteiger partial charge in [-0.3, -0.25) is 9.89 Å². The summed E-state index contributed by atoms with van der Waals surface area (Å²) in [5.74, 6) is 2.01. The molecule has 0 saturated carbocycles. The Balaban J connectivity index is 0.00000385. The molecule has 0 amide bonds. The molecule has 3 N–H and O–H groups in total. The minimum absolute atomic E-state index is 0. The van der Waals surface area contributed by atoms with E-state index in [1.54, 1.807) is 26.4 Å². The smallest absolute Gasteiger partial charge is 0.191 e. The lowest BCUT2D eigenvalue weighted by Crippen LogP contribution is -2.44. The molecule has 2 aromatic carbocycles. The van der Waals surface area contributed by atoms with E-state index in [0.717, 1.165) is 26.1 Å². The Morgan fingerprint density at radius 1 is 1.18 bits per heavy atom. The number of ether oxygens (including phenoxy) is 2. The van der Waals surface area contributed by atoms with E-state index in [0.29, 0.717) is 35.1 Å². The molecule has 33 heavy (non-hydrogen) atoms. The Bertz CT molecular complexity index is 881. The number of benzene rings is 2. The van der Waals surface area contributed by atoms with Crippen LogP contribution in [0.3, 0.4) is 0 Å². The normalized spacial score (nSPS) is 19.5. The van der Waals surface area contributed by atoms with Gasteiger partial charge in [0.15, 0.2) is 5.96 Å². The topological polar surface area (TPSA) is 78.4 Å². The molecule has 1 aliphatic heterocycles. The predicted octanol–water partition coefficient (Wildman–Crippen LogP) is 3.57. The van der Waals surface area contributed by atoms with Crippen molar-refractivity contribution in [3.8, 4) is 11.5 Å². The third kappa shape index (κ3) is 7.75. The summed E-state index contributed by atoms with van der Waals surface area (Å²) in [7, 11) is 3.20. The van der Waals surface area contributed by atoms with Crippen molar-refractivity contribution in [3.05, 3.63) is 59.7 Å². The maximum absolute atomic E-state index is 10.8. The van der Waals surface area contributed by atoms with Crippen LogP contribution in [0.4, 0.5) is 0 Å². The van der Waals surface area contributed by atoms with Crippen molar-refractivity contribution in [1.29, 1.82) is 0 Å². The van der Waals surface area contributed by atoms with Crippen molar-refractivity contribution in [2.24, 2.45) is 4.99 Å². The van der Waals surface area contributed by atoms with E-state index in [9.17, 15) is 5.11 Å². The third-order valence-corrected chi connectivity index (χ3v) is 5.84. The number of rotatable bonds is 9. The molecule has 0 bridgehead atoms. The van der Waals surface area contributed by atoms with Gasteiger partial charge < -0.3 is 25.2 Å². The van der Waals surface area contributed by atoms with Gasteiger partial charge in [-0.15, -0.1) is 24.0 Å². The Kier molecular flexibility index (Phi) is 11.2. The molecular formula is C25H37IN4O3. The number of hydrogen-bond donors (Lipinski definition) is 3. The first-order valence-electron chi connectivity index (χ1n) is 11.3. The van der Waals surface area contributed by atoms with Crippen molar-refractivity contribution in [3.63, 3.8) is 0 Å². The molecule has 8 heteroatoms. The number of aliphatic hydroxyl groups excluding tert-OH is 1. The zero-order chi connectivity index (χ0) is 22.9. The molecule has 3 atom stereocenters. The van der Waals surface area contributed by atoms with E-state index in [2.05, 4.69) is 57.8 Å². The maximum Gasteiger partial charge on any atom is 0.191 e. The van der Waals surface area contributed by atoms with Gasteiger partial charge in [0, 0.05) is 37.3 Å². The van der Waals surface area contributed by atoms with Crippen LogP contribution >= 0.6 is 24.0 Å². The van der Waals surface area contributed by atoms with E-state index >= 15 is 0 Å². The summed E-state index contributed by atoms with van der Waals surface area (Å²) in [6, 6.07) is 16.8. The molecule has 3 rings (SSSR count). The molecule has 0 radical (unpaired) electrons. The largest absolute Gasteiger partial charge is 0.497 e. The number of aliphatic hydroxyl groups is 1. The van der Waals surface area contributed by atoms with Crippen LogP contribution in [-0.4, -0.2) is 61.9 Å². The molecule has 7 nitrogen and oxygen atoms in total. The monoisotopic (exact) mass is 568 g/mol. The number of hydrogen-bond acceptors (Lipinski definition) is 5. The number of likely N-dealkylation sites (tertiary alicyclic amines) is 1. The fraction of sp³-hybridized carbons (Fsp3) is 0.480. The van der Waals surface area contributed by atoms with Crippen LogP contribution in [0, 0.1) is 0 Å². The van der Waals surface area contributed by atoms with Crippen molar-refractivity contribution < 1.29 is 14.6 Å². The lowest BCUT2D eigenvalue weighted by molar-refractivity contribution is 0.182. The predicted molar refractivity (Wildman–Crippen MR) is 144 cm³/mol. The van der Waals surface area contributed by atoms with Crippen molar-refractivity contribution in [1.82, 2.24) is 15.5 Å². The number of halogens is 1. The summed E-state index contributed by atoms with van der Waals surface area (Å²) in [6.07, 6.45) is 0.247. The fourth-order valence-electron chi connectivity index (χ4n) is 4.13. The van der Waals surface area contributed by atoms with Gasteiger partial charge in [0.2, 0.25) is 0 Å². The van der Waals surface area contributed by atoms with Gasteiger partial charge in [-0.2, -0.15) is 0 Å². The fourth-order valence-corrected chi connectivity index (χ4v) is 4.13. The lowest BCUT2D eigenvalue weighted by Gasteiger charge is -2.21. The zero-order valence-corrected chi connectivity index (χ0v) is 22.3. The molecule has 1 saturated heterocycles. The van der Waals surface area contributed by atoms with Crippen molar-refractivity contribution >= 4 is 29.9 Å². The van der Waals surface area contributed by atoms with Crippen LogP contribution in [0.15, 0.2) is 53.5 Å². The minimum Gasteiger partial charge on any atom is -0.497 e. The summed E-state index contributed by atoms with van der Waals surface area (Å²) < 4.78 is 10.7. The van der Waals surface area contributed by atoms with Gasteiger partial charge in [0.1, 0.15) is 17.6 Å². The summed E-state index contributed by atoms with van der Waals surface area (Å²) in [5.41, 5.74) is 1.99. The van der Waals surface area contributed by atoms with Gasteiger partial charge in [-0.05, 0) is 44.0 Å². The van der Waals surface area contributed by atoms with Gasteiger partial charge in [0.25, 0.3) is 0 Å². The molecule has 2 aromatic rings. The Morgan fingerprint density at radius 2 is 1.94 bits per heavy atom. The Hall–Kier alpha value is -2.04. The van der Waals surface area contributed by atoms with Gasteiger partial charge in [0.05, 0.1) is 20.8 Å². The Morgan fingerprint density at radius 3 is 2.61 bits per heavy atom. The van der Waals surface area contributed by atoms with Crippen LogP contribution in [0.25, 0.3) is 0 Å². The summed E-state index contributed by atoms with van der Waals surface area (Å²) >= 11 is 0. The highest BCUT2D eigenvalue weighted by Gasteiger charge is 2.29. The van der Waals surface area contributed by atoms with E-state index < -0.39 is 6.10 Å². The molecular weight excluding hydrogens is 531 g/mol. The highest BCUT2D eigenvalue weighted by Crippen LogP contribution is 2.29. The zero-order valence-electron chi connectivity index (χ0n) is 20.0. The van der Waals surface area contributed by atoms with Crippen LogP contribution in [0.1, 0.15) is 37.5 Å². The lowest BCUT2D eigenvalue weighted by atomic mass is 10.1. The molecule has 0 aromatic heterocycles. The van der Waals surface area contributed by atoms with Gasteiger partial charge in [-0.25, -0.2) is 0 Å². The number of aliphatic imine (C=N–C) groups is 1. The van der Waals surface area contributed by atoms with Crippen molar-refractivity contribution in [2.45, 2.75) is 45.0 Å². The number of methoxy groups -OCH3 is 2. The quantitative estimate of drug-likeness (QED) is 0.244. The maximum atomic E-state index is 10.8. The summed E-state index contributed by atoms with van der Waals surface area (Å²) in [6.45, 7) is 7.18. The third-order valence-electron chi connectivity index (χ3n) is 5.84. The highest BCUT2D eigenvalue weighted by molar-refractivity contribution is 14.0. The summed E-state index contributed by atoms with van der Waals surface area (Å²) in [4.78, 5) is 7.14. The second kappa shape index (κ2) is 13.6. The molecule has 1 fully saturated rings. The van der Waals surface area contributed by atoms with Crippen LogP contribution in [0.5, 0.6) is 11.5 Å².